The van der Waals surface area contributed by atoms with Gasteiger partial charge in [-0.3, -0.25) is 14.4 Å². The van der Waals surface area contributed by atoms with E-state index in [4.69, 9.17) is 14.2 Å². The number of esters is 1. The van der Waals surface area contributed by atoms with Crippen molar-refractivity contribution in [2.24, 2.45) is 5.92 Å². The van der Waals surface area contributed by atoms with Crippen LogP contribution in [0.3, 0.4) is 0 Å². The zero-order valence-electron chi connectivity index (χ0n) is 20.2. The van der Waals surface area contributed by atoms with Gasteiger partial charge in [-0.05, 0) is 48.9 Å². The van der Waals surface area contributed by atoms with Gasteiger partial charge in [-0.15, -0.1) is 0 Å². The molecule has 1 aliphatic heterocycles. The summed E-state index contributed by atoms with van der Waals surface area (Å²) in [7, 11) is 1.57. The van der Waals surface area contributed by atoms with E-state index in [1.807, 2.05) is 49.4 Å². The molecule has 8 heteroatoms. The summed E-state index contributed by atoms with van der Waals surface area (Å²) in [4.78, 5) is 38.9. The molecule has 36 heavy (non-hydrogen) atoms. The van der Waals surface area contributed by atoms with Gasteiger partial charge in [-0.25, -0.2) is 0 Å². The molecule has 0 spiro atoms. The van der Waals surface area contributed by atoms with Crippen LogP contribution >= 0.6 is 0 Å². The molecule has 186 valence electrons. The molecule has 0 aromatic heterocycles. The molecule has 3 aromatic rings. The highest BCUT2D eigenvalue weighted by molar-refractivity contribution is 5.99. The first-order chi connectivity index (χ1) is 17.4. The van der Waals surface area contributed by atoms with Crippen LogP contribution < -0.4 is 19.7 Å². The third kappa shape index (κ3) is 6.02. The van der Waals surface area contributed by atoms with Crippen LogP contribution in [0.25, 0.3) is 0 Å². The Balaban J connectivity index is 1.29. The predicted molar refractivity (Wildman–Crippen MR) is 134 cm³/mol. The van der Waals surface area contributed by atoms with Gasteiger partial charge in [0, 0.05) is 18.7 Å². The van der Waals surface area contributed by atoms with Gasteiger partial charge in [0.25, 0.3) is 5.91 Å². The lowest BCUT2D eigenvalue weighted by Gasteiger charge is -2.17. The average Bonchev–Trinajstić information content (AvgIpc) is 3.30. The van der Waals surface area contributed by atoms with Crippen LogP contribution in [0.15, 0.2) is 78.9 Å². The lowest BCUT2D eigenvalue weighted by Crippen LogP contribution is -2.32. The standard InChI is InChI=1S/C28H28N2O6/c1-19(20-8-4-3-5-9-20)29-26(31)18-35-28(33)21-16-27(32)30(17-21)22-12-14-23(15-13-22)36-25-11-7-6-10-24(25)34-2/h3-15,19,21H,16-18H2,1-2H3,(H,29,31)/t19-,21+/m0/s1. The first-order valence-electron chi connectivity index (χ1n) is 11.7. The molecular formula is C28H28N2O6. The molecule has 2 atom stereocenters. The number of nitrogens with one attached hydrogen (secondary N) is 1. The SMILES string of the molecule is COc1ccccc1Oc1ccc(N2C[C@H](C(=O)OCC(=O)N[C@@H](C)c3ccccc3)CC2=O)cc1. The topological polar surface area (TPSA) is 94.2 Å². The highest BCUT2D eigenvalue weighted by atomic mass is 16.5. The van der Waals surface area contributed by atoms with Crippen LogP contribution in [0.1, 0.15) is 24.9 Å². The second-order valence-electron chi connectivity index (χ2n) is 8.46. The maximum absolute atomic E-state index is 12.6. The number of carbonyl (C=O) groups is 3. The molecule has 1 heterocycles. The minimum atomic E-state index is -0.638. The van der Waals surface area contributed by atoms with Crippen molar-refractivity contribution in [2.45, 2.75) is 19.4 Å². The molecule has 3 aromatic carbocycles. The zero-order chi connectivity index (χ0) is 25.5. The summed E-state index contributed by atoms with van der Waals surface area (Å²) in [6.45, 7) is 1.65. The van der Waals surface area contributed by atoms with E-state index in [0.717, 1.165) is 5.56 Å². The Morgan fingerprint density at radius 3 is 2.33 bits per heavy atom. The Hall–Kier alpha value is -4.33. The van der Waals surface area contributed by atoms with E-state index < -0.39 is 24.4 Å². The van der Waals surface area contributed by atoms with E-state index in [9.17, 15) is 14.4 Å². The zero-order valence-corrected chi connectivity index (χ0v) is 20.2. The van der Waals surface area contributed by atoms with E-state index in [2.05, 4.69) is 5.32 Å². The number of rotatable bonds is 9. The van der Waals surface area contributed by atoms with Crippen molar-refractivity contribution in [2.75, 3.05) is 25.2 Å². The Kier molecular flexibility index (Phi) is 7.85. The minimum Gasteiger partial charge on any atom is -0.493 e. The van der Waals surface area contributed by atoms with Crippen molar-refractivity contribution in [1.82, 2.24) is 5.32 Å². The number of amides is 2. The molecular weight excluding hydrogens is 460 g/mol. The van der Waals surface area contributed by atoms with Crippen molar-refractivity contribution >= 4 is 23.5 Å². The Morgan fingerprint density at radius 2 is 1.64 bits per heavy atom. The number of benzene rings is 3. The molecule has 1 saturated heterocycles. The monoisotopic (exact) mass is 488 g/mol. The average molecular weight is 489 g/mol. The van der Waals surface area contributed by atoms with E-state index in [1.54, 1.807) is 43.5 Å². The van der Waals surface area contributed by atoms with E-state index in [0.29, 0.717) is 22.9 Å². The summed E-state index contributed by atoms with van der Waals surface area (Å²) in [5, 5.41) is 2.80. The number of anilines is 1. The molecule has 0 radical (unpaired) electrons. The van der Waals surface area contributed by atoms with Gasteiger partial charge in [0.2, 0.25) is 5.91 Å². The number of hydrogen-bond donors (Lipinski definition) is 1. The van der Waals surface area contributed by atoms with Gasteiger partial charge >= 0.3 is 5.97 Å². The maximum atomic E-state index is 12.6. The fourth-order valence-electron chi connectivity index (χ4n) is 4.00. The molecule has 0 saturated carbocycles. The third-order valence-corrected chi connectivity index (χ3v) is 5.93. The Labute approximate surface area is 209 Å². The molecule has 0 bridgehead atoms. The van der Waals surface area contributed by atoms with Gasteiger partial charge in [-0.1, -0.05) is 42.5 Å². The second-order valence-corrected chi connectivity index (χ2v) is 8.46. The largest absolute Gasteiger partial charge is 0.493 e. The number of carbonyl (C=O) groups excluding carboxylic acids is 3. The van der Waals surface area contributed by atoms with Crippen LogP contribution in [-0.2, 0) is 19.1 Å². The van der Waals surface area contributed by atoms with E-state index >= 15 is 0 Å². The fraction of sp³-hybridized carbons (Fsp3) is 0.250. The molecule has 8 nitrogen and oxygen atoms in total. The van der Waals surface area contributed by atoms with Crippen LogP contribution in [0, 0.1) is 5.92 Å². The van der Waals surface area contributed by atoms with Gasteiger partial charge < -0.3 is 24.4 Å². The summed E-state index contributed by atoms with van der Waals surface area (Å²) < 4.78 is 16.4. The number of nitrogens with zero attached hydrogens (tertiary/aromatic N) is 1. The smallest absolute Gasteiger partial charge is 0.311 e. The molecule has 1 aliphatic rings. The summed E-state index contributed by atoms with van der Waals surface area (Å²) in [5.74, 6) is -0.00711. The van der Waals surface area contributed by atoms with E-state index in [-0.39, 0.29) is 24.9 Å². The Morgan fingerprint density at radius 1 is 0.972 bits per heavy atom. The molecule has 0 aliphatic carbocycles. The lowest BCUT2D eigenvalue weighted by molar-refractivity contribution is -0.152. The molecule has 1 N–H and O–H groups in total. The first kappa shape index (κ1) is 24.8. The fourth-order valence-corrected chi connectivity index (χ4v) is 4.00. The number of ether oxygens (including phenoxy) is 3. The maximum Gasteiger partial charge on any atom is 0.311 e. The summed E-state index contributed by atoms with van der Waals surface area (Å²) in [6.07, 6.45) is 0.0281. The second kappa shape index (κ2) is 11.4. The quantitative estimate of drug-likeness (QED) is 0.453. The van der Waals surface area contributed by atoms with Gasteiger partial charge in [-0.2, -0.15) is 0 Å². The molecule has 0 unspecified atom stereocenters. The minimum absolute atomic E-state index is 0.0281. The van der Waals surface area contributed by atoms with Crippen LogP contribution in [-0.4, -0.2) is 38.0 Å². The summed E-state index contributed by atoms with van der Waals surface area (Å²) >= 11 is 0. The summed E-state index contributed by atoms with van der Waals surface area (Å²) in [5.41, 5.74) is 1.60. The molecule has 1 fully saturated rings. The highest BCUT2D eigenvalue weighted by Crippen LogP contribution is 2.33. The summed E-state index contributed by atoms with van der Waals surface area (Å²) in [6, 6.07) is 23.6. The molecule has 4 rings (SSSR count). The van der Waals surface area contributed by atoms with Crippen molar-refractivity contribution < 1.29 is 28.6 Å². The van der Waals surface area contributed by atoms with Crippen LogP contribution in [0.4, 0.5) is 5.69 Å². The predicted octanol–water partition coefficient (Wildman–Crippen LogP) is 4.26. The number of para-hydroxylation sites is 2. The van der Waals surface area contributed by atoms with Crippen molar-refractivity contribution in [3.05, 3.63) is 84.4 Å². The number of methoxy groups -OCH3 is 1. The van der Waals surface area contributed by atoms with Crippen molar-refractivity contribution in [1.29, 1.82) is 0 Å². The van der Waals surface area contributed by atoms with Gasteiger partial charge in [0.1, 0.15) is 5.75 Å². The molecule has 2 amide bonds. The first-order valence-corrected chi connectivity index (χ1v) is 11.7. The van der Waals surface area contributed by atoms with Crippen molar-refractivity contribution in [3.8, 4) is 17.2 Å². The normalized spacial score (nSPS) is 15.8. The third-order valence-electron chi connectivity index (χ3n) is 5.93. The number of hydrogen-bond acceptors (Lipinski definition) is 6. The van der Waals surface area contributed by atoms with Crippen LogP contribution in [0.5, 0.6) is 17.2 Å². The highest BCUT2D eigenvalue weighted by Gasteiger charge is 2.36. The lowest BCUT2D eigenvalue weighted by atomic mass is 10.1. The van der Waals surface area contributed by atoms with Gasteiger partial charge in [0.05, 0.1) is 19.1 Å². The van der Waals surface area contributed by atoms with Crippen LogP contribution in [0.2, 0.25) is 0 Å². The van der Waals surface area contributed by atoms with E-state index in [1.165, 1.54) is 4.90 Å². The Bertz CT molecular complexity index is 1210. The van der Waals surface area contributed by atoms with Crippen molar-refractivity contribution in [3.63, 3.8) is 0 Å². The van der Waals surface area contributed by atoms with Gasteiger partial charge in [0.15, 0.2) is 18.1 Å².